The second-order valence-electron chi connectivity index (χ2n) is 5.28. The summed E-state index contributed by atoms with van der Waals surface area (Å²) in [6.07, 6.45) is 0.0964. The minimum absolute atomic E-state index is 0.0738. The predicted molar refractivity (Wildman–Crippen MR) is 86.9 cm³/mol. The van der Waals surface area contributed by atoms with Crippen LogP contribution in [-0.4, -0.2) is 37.5 Å². The van der Waals surface area contributed by atoms with E-state index in [-0.39, 0.29) is 17.1 Å². The van der Waals surface area contributed by atoms with Gasteiger partial charge in [0.05, 0.1) is 0 Å². The summed E-state index contributed by atoms with van der Waals surface area (Å²) >= 11 is 0. The number of H-pyrrole nitrogens is 1. The monoisotopic (exact) mass is 377 g/mol. The van der Waals surface area contributed by atoms with Crippen molar-refractivity contribution in [1.29, 1.82) is 0 Å². The van der Waals surface area contributed by atoms with Crippen molar-refractivity contribution in [2.75, 3.05) is 5.32 Å². The first-order valence-corrected chi connectivity index (χ1v) is 7.36. The summed E-state index contributed by atoms with van der Waals surface area (Å²) in [7, 11) is 0. The van der Waals surface area contributed by atoms with E-state index in [4.69, 9.17) is 0 Å². The molecule has 0 radical (unpaired) electrons. The van der Waals surface area contributed by atoms with Gasteiger partial charge in [0.2, 0.25) is 0 Å². The van der Waals surface area contributed by atoms with Gasteiger partial charge in [-0.15, -0.1) is 0 Å². The summed E-state index contributed by atoms with van der Waals surface area (Å²) in [5, 5.41) is 1.70. The number of carbonyl (C=O) groups excluding carboxylic acids is 2. The third-order valence-electron chi connectivity index (χ3n) is 3.44. The Labute approximate surface area is 148 Å². The van der Waals surface area contributed by atoms with Crippen molar-refractivity contribution >= 4 is 17.5 Å². The van der Waals surface area contributed by atoms with Crippen LogP contribution in [0, 0.1) is 0 Å². The Balaban J connectivity index is 1.81. The first kappa shape index (κ1) is 18.0. The number of hydrogen-bond acceptors (Lipinski definition) is 5. The zero-order chi connectivity index (χ0) is 19.6. The zero-order valence-electron chi connectivity index (χ0n) is 13.3. The molecule has 0 aliphatic rings. The smallest absolute Gasteiger partial charge is 0.318 e. The molecule has 2 aromatic heterocycles. The zero-order valence-corrected chi connectivity index (χ0v) is 13.3. The number of benzene rings is 1. The maximum Gasteiger partial charge on any atom is 0.471 e. The molecule has 2 N–H and O–H groups in total. The molecule has 138 valence electrons. The van der Waals surface area contributed by atoms with E-state index in [0.717, 1.165) is 10.8 Å². The number of aromatic amines is 1. The maximum absolute atomic E-state index is 12.2. The van der Waals surface area contributed by atoms with Crippen molar-refractivity contribution in [3.8, 4) is 11.4 Å². The normalized spacial score (nSPS) is 11.2. The first-order valence-electron chi connectivity index (χ1n) is 7.36. The van der Waals surface area contributed by atoms with Crippen LogP contribution in [0.4, 0.5) is 18.9 Å². The molecule has 0 unspecified atom stereocenters. The van der Waals surface area contributed by atoms with Gasteiger partial charge in [0, 0.05) is 29.8 Å². The number of nitrogens with zero attached hydrogens (tertiary/aromatic N) is 3. The summed E-state index contributed by atoms with van der Waals surface area (Å²) < 4.78 is 37.8. The quantitative estimate of drug-likeness (QED) is 0.724. The van der Waals surface area contributed by atoms with Gasteiger partial charge in [-0.1, -0.05) is 0 Å². The summed E-state index contributed by atoms with van der Waals surface area (Å²) in [6.45, 7) is 0. The lowest BCUT2D eigenvalue weighted by atomic mass is 10.2. The standard InChI is InChI=1S/C16H10F3N5O3/c17-16(18,19)15(27)22-10-3-1-9(2-4-10)12-21-7-11(13(25)23-12)14(26)24-6-5-20-8-24/h1-8H,(H,22,27)(H,21,23,25). The van der Waals surface area contributed by atoms with Gasteiger partial charge < -0.3 is 10.3 Å². The Morgan fingerprint density at radius 3 is 2.41 bits per heavy atom. The third-order valence-corrected chi connectivity index (χ3v) is 3.44. The second-order valence-corrected chi connectivity index (χ2v) is 5.28. The van der Waals surface area contributed by atoms with Crippen LogP contribution in [0.15, 0.2) is 54.0 Å². The number of alkyl halides is 3. The molecule has 3 aromatic rings. The number of rotatable bonds is 3. The van der Waals surface area contributed by atoms with E-state index in [1.807, 2.05) is 0 Å². The largest absolute Gasteiger partial charge is 0.471 e. The number of anilines is 1. The molecular formula is C16H10F3N5O3. The molecule has 1 amide bonds. The van der Waals surface area contributed by atoms with E-state index < -0.39 is 23.5 Å². The molecule has 27 heavy (non-hydrogen) atoms. The number of nitrogens with one attached hydrogen (secondary N) is 2. The molecule has 0 saturated heterocycles. The Hall–Kier alpha value is -3.76. The molecule has 1 aromatic carbocycles. The average Bonchev–Trinajstić information content (AvgIpc) is 3.15. The van der Waals surface area contributed by atoms with E-state index in [1.54, 1.807) is 5.32 Å². The molecule has 0 aliphatic heterocycles. The third kappa shape index (κ3) is 3.92. The van der Waals surface area contributed by atoms with E-state index in [0.29, 0.717) is 5.56 Å². The SMILES string of the molecule is O=C(c1cnc(-c2ccc(NC(=O)C(F)(F)F)cc2)[nH]c1=O)n1ccnc1. The van der Waals surface area contributed by atoms with Crippen molar-refractivity contribution < 1.29 is 22.8 Å². The van der Waals surface area contributed by atoms with Crippen molar-refractivity contribution in [3.05, 3.63) is 65.1 Å². The summed E-state index contributed by atoms with van der Waals surface area (Å²) in [5.41, 5.74) is -0.590. The molecule has 0 spiro atoms. The lowest BCUT2D eigenvalue weighted by Crippen LogP contribution is -2.29. The predicted octanol–water partition coefficient (Wildman–Crippen LogP) is 1.82. The molecular weight excluding hydrogens is 367 g/mol. The minimum atomic E-state index is -5.00. The van der Waals surface area contributed by atoms with Crippen LogP contribution in [-0.2, 0) is 4.79 Å². The van der Waals surface area contributed by atoms with Gasteiger partial charge in [-0.3, -0.25) is 19.0 Å². The van der Waals surface area contributed by atoms with Gasteiger partial charge in [0.15, 0.2) is 0 Å². The molecule has 2 heterocycles. The van der Waals surface area contributed by atoms with Gasteiger partial charge >= 0.3 is 12.1 Å². The van der Waals surface area contributed by atoms with Gasteiger partial charge in [-0.05, 0) is 24.3 Å². The summed E-state index contributed by atoms with van der Waals surface area (Å²) in [6, 6.07) is 5.18. The number of hydrogen-bond donors (Lipinski definition) is 2. The van der Waals surface area contributed by atoms with Crippen LogP contribution in [0.2, 0.25) is 0 Å². The molecule has 0 atom stereocenters. The van der Waals surface area contributed by atoms with Gasteiger partial charge in [-0.2, -0.15) is 13.2 Å². The van der Waals surface area contributed by atoms with Crippen LogP contribution in [0.25, 0.3) is 11.4 Å². The summed E-state index contributed by atoms with van der Waals surface area (Å²) in [5.74, 6) is -2.60. The highest BCUT2D eigenvalue weighted by Crippen LogP contribution is 2.20. The number of amides is 1. The highest BCUT2D eigenvalue weighted by atomic mass is 19.4. The Morgan fingerprint density at radius 2 is 1.85 bits per heavy atom. The molecule has 11 heteroatoms. The van der Waals surface area contributed by atoms with Crippen LogP contribution in [0.1, 0.15) is 10.4 Å². The van der Waals surface area contributed by atoms with Crippen molar-refractivity contribution in [2.45, 2.75) is 6.18 Å². The van der Waals surface area contributed by atoms with Crippen molar-refractivity contribution in [1.82, 2.24) is 19.5 Å². The average molecular weight is 377 g/mol. The fraction of sp³-hybridized carbons (Fsp3) is 0.0625. The minimum Gasteiger partial charge on any atom is -0.318 e. The van der Waals surface area contributed by atoms with Crippen LogP contribution >= 0.6 is 0 Å². The van der Waals surface area contributed by atoms with E-state index in [9.17, 15) is 27.6 Å². The maximum atomic E-state index is 12.2. The lowest BCUT2D eigenvalue weighted by molar-refractivity contribution is -0.167. The Morgan fingerprint density at radius 1 is 1.15 bits per heavy atom. The molecule has 0 bridgehead atoms. The number of aromatic nitrogens is 4. The summed E-state index contributed by atoms with van der Waals surface area (Å²) in [4.78, 5) is 45.3. The van der Waals surface area contributed by atoms with Crippen LogP contribution in [0.3, 0.4) is 0 Å². The Bertz CT molecular complexity index is 1040. The first-order chi connectivity index (χ1) is 12.8. The highest BCUT2D eigenvalue weighted by Gasteiger charge is 2.38. The van der Waals surface area contributed by atoms with Gasteiger partial charge in [0.25, 0.3) is 11.5 Å². The van der Waals surface area contributed by atoms with Crippen LogP contribution < -0.4 is 10.9 Å². The van der Waals surface area contributed by atoms with Gasteiger partial charge in [-0.25, -0.2) is 9.97 Å². The van der Waals surface area contributed by atoms with Crippen molar-refractivity contribution in [2.24, 2.45) is 0 Å². The highest BCUT2D eigenvalue weighted by molar-refractivity contribution is 5.95. The number of halogens is 3. The number of carbonyl (C=O) groups is 2. The molecule has 0 aliphatic carbocycles. The second kappa shape index (κ2) is 6.86. The molecule has 0 fully saturated rings. The molecule has 0 saturated carbocycles. The Kier molecular flexibility index (Phi) is 4.59. The topological polar surface area (TPSA) is 110 Å². The van der Waals surface area contributed by atoms with E-state index >= 15 is 0 Å². The lowest BCUT2D eigenvalue weighted by Gasteiger charge is -2.08. The van der Waals surface area contributed by atoms with E-state index in [2.05, 4.69) is 15.0 Å². The molecule has 8 nitrogen and oxygen atoms in total. The fourth-order valence-corrected chi connectivity index (χ4v) is 2.13. The van der Waals surface area contributed by atoms with E-state index in [1.165, 1.54) is 43.0 Å². The van der Waals surface area contributed by atoms with Crippen molar-refractivity contribution in [3.63, 3.8) is 0 Å². The fourth-order valence-electron chi connectivity index (χ4n) is 2.13. The van der Waals surface area contributed by atoms with Crippen LogP contribution in [0.5, 0.6) is 0 Å². The number of imidazole rings is 1. The molecule has 3 rings (SSSR count). The van der Waals surface area contributed by atoms with Gasteiger partial charge in [0.1, 0.15) is 17.7 Å².